The van der Waals surface area contributed by atoms with Gasteiger partial charge in [0, 0.05) is 53.4 Å². The quantitative estimate of drug-likeness (QED) is 0.682. The van der Waals surface area contributed by atoms with Crippen LogP contribution in [0.1, 0.15) is 13.8 Å². The van der Waals surface area contributed by atoms with Crippen molar-refractivity contribution in [3.63, 3.8) is 0 Å². The average Bonchev–Trinajstić information content (AvgIpc) is 2.82. The van der Waals surface area contributed by atoms with Crippen LogP contribution in [-0.2, 0) is 0 Å². The van der Waals surface area contributed by atoms with Crippen LogP contribution < -0.4 is 0 Å². The van der Waals surface area contributed by atoms with Gasteiger partial charge in [0.25, 0.3) is 0 Å². The fraction of sp³-hybridized carbons (Fsp3) is 0.833. The Morgan fingerprint density at radius 2 is 1.19 bits per heavy atom. The Labute approximate surface area is 99.1 Å². The van der Waals surface area contributed by atoms with Crippen LogP contribution in [0.2, 0.25) is 0 Å². The molecule has 4 nitrogen and oxygen atoms in total. The molecule has 0 aromatic carbocycles. The van der Waals surface area contributed by atoms with Crippen LogP contribution in [0.4, 0.5) is 0 Å². The highest BCUT2D eigenvalue weighted by atomic mass is 15.5. The van der Waals surface area contributed by atoms with Gasteiger partial charge in [0.1, 0.15) is 11.6 Å². The van der Waals surface area contributed by atoms with Crippen LogP contribution in [0, 0.1) is 0 Å². The van der Waals surface area contributed by atoms with Crippen molar-refractivity contribution in [2.45, 2.75) is 13.8 Å². The van der Waals surface area contributed by atoms with Gasteiger partial charge in [-0.25, -0.2) is 0 Å². The first kappa shape index (κ1) is 11.4. The van der Waals surface area contributed by atoms with Crippen molar-refractivity contribution in [2.24, 2.45) is 0 Å². The minimum atomic E-state index is 1.11. The SMILES string of the molecule is CCN1CCN(CC)C1=C1N(C)CCN1C. The van der Waals surface area contributed by atoms with Gasteiger partial charge in [0.15, 0.2) is 0 Å². The molecule has 0 atom stereocenters. The average molecular weight is 224 g/mol. The number of nitrogens with zero attached hydrogens (tertiary/aromatic N) is 4. The zero-order chi connectivity index (χ0) is 11.7. The maximum Gasteiger partial charge on any atom is 0.146 e. The summed E-state index contributed by atoms with van der Waals surface area (Å²) in [6.45, 7) is 11.3. The van der Waals surface area contributed by atoms with E-state index in [-0.39, 0.29) is 0 Å². The summed E-state index contributed by atoms with van der Waals surface area (Å²) in [5, 5.41) is 0. The van der Waals surface area contributed by atoms with E-state index in [1.807, 2.05) is 0 Å². The summed E-state index contributed by atoms with van der Waals surface area (Å²) in [7, 11) is 4.40. The van der Waals surface area contributed by atoms with E-state index in [9.17, 15) is 0 Å². The third kappa shape index (κ3) is 1.70. The molecule has 2 aliphatic heterocycles. The molecule has 2 heterocycles. The second-order valence-corrected chi connectivity index (χ2v) is 4.65. The largest absolute Gasteiger partial charge is 0.357 e. The molecule has 0 bridgehead atoms. The number of hydrogen-bond acceptors (Lipinski definition) is 4. The van der Waals surface area contributed by atoms with E-state index in [4.69, 9.17) is 0 Å². The summed E-state index contributed by atoms with van der Waals surface area (Å²) in [5.41, 5.74) is 0. The van der Waals surface area contributed by atoms with E-state index >= 15 is 0 Å². The van der Waals surface area contributed by atoms with E-state index < -0.39 is 0 Å². The minimum Gasteiger partial charge on any atom is -0.357 e. The van der Waals surface area contributed by atoms with Crippen LogP contribution in [0.15, 0.2) is 11.6 Å². The maximum atomic E-state index is 2.50. The number of likely N-dealkylation sites (N-methyl/N-ethyl adjacent to an activating group) is 4. The van der Waals surface area contributed by atoms with Gasteiger partial charge >= 0.3 is 0 Å². The molecule has 0 unspecified atom stereocenters. The van der Waals surface area contributed by atoms with E-state index in [2.05, 4.69) is 47.5 Å². The zero-order valence-corrected chi connectivity index (χ0v) is 11.0. The van der Waals surface area contributed by atoms with Gasteiger partial charge < -0.3 is 19.6 Å². The van der Waals surface area contributed by atoms with Crippen LogP contribution in [-0.4, -0.2) is 73.0 Å². The molecule has 0 N–H and O–H groups in total. The Morgan fingerprint density at radius 1 is 0.750 bits per heavy atom. The third-order valence-electron chi connectivity index (χ3n) is 3.70. The van der Waals surface area contributed by atoms with Crippen molar-refractivity contribution >= 4 is 0 Å². The highest BCUT2D eigenvalue weighted by Gasteiger charge is 2.31. The molecule has 2 aliphatic rings. The molecule has 0 saturated carbocycles. The molecule has 0 aliphatic carbocycles. The first-order valence-corrected chi connectivity index (χ1v) is 6.35. The Morgan fingerprint density at radius 3 is 1.56 bits per heavy atom. The topological polar surface area (TPSA) is 13.0 Å². The lowest BCUT2D eigenvalue weighted by atomic mass is 10.4. The van der Waals surface area contributed by atoms with Crippen molar-refractivity contribution in [1.82, 2.24) is 19.6 Å². The van der Waals surface area contributed by atoms with Crippen LogP contribution in [0.5, 0.6) is 0 Å². The molecule has 16 heavy (non-hydrogen) atoms. The minimum absolute atomic E-state index is 1.11. The molecular weight excluding hydrogens is 200 g/mol. The van der Waals surface area contributed by atoms with Gasteiger partial charge in [0.2, 0.25) is 0 Å². The van der Waals surface area contributed by atoms with Crippen molar-refractivity contribution in [2.75, 3.05) is 53.4 Å². The van der Waals surface area contributed by atoms with Crippen LogP contribution in [0.25, 0.3) is 0 Å². The maximum absolute atomic E-state index is 2.50. The molecule has 92 valence electrons. The summed E-state index contributed by atoms with van der Waals surface area (Å²) < 4.78 is 0. The molecule has 2 rings (SSSR count). The lowest BCUT2D eigenvalue weighted by Crippen LogP contribution is -2.31. The molecule has 0 radical (unpaired) electrons. The van der Waals surface area contributed by atoms with Crippen molar-refractivity contribution in [3.05, 3.63) is 11.6 Å². The summed E-state index contributed by atoms with van der Waals surface area (Å²) in [4.78, 5) is 9.76. The van der Waals surface area contributed by atoms with Gasteiger partial charge in [0.05, 0.1) is 0 Å². The first-order valence-electron chi connectivity index (χ1n) is 6.35. The van der Waals surface area contributed by atoms with Gasteiger partial charge in [-0.15, -0.1) is 0 Å². The molecule has 2 fully saturated rings. The van der Waals surface area contributed by atoms with E-state index in [0.29, 0.717) is 0 Å². The number of hydrogen-bond donors (Lipinski definition) is 0. The molecule has 0 aromatic rings. The molecule has 0 amide bonds. The molecule has 0 spiro atoms. The fourth-order valence-electron chi connectivity index (χ4n) is 2.70. The monoisotopic (exact) mass is 224 g/mol. The Kier molecular flexibility index (Phi) is 3.17. The zero-order valence-electron chi connectivity index (χ0n) is 11.0. The summed E-state index contributed by atoms with van der Waals surface area (Å²) in [6, 6.07) is 0. The predicted octanol–water partition coefficient (Wildman–Crippen LogP) is 0.648. The van der Waals surface area contributed by atoms with Gasteiger partial charge in [-0.1, -0.05) is 0 Å². The third-order valence-corrected chi connectivity index (χ3v) is 3.70. The lowest BCUT2D eigenvalue weighted by Gasteiger charge is -2.30. The summed E-state index contributed by atoms with van der Waals surface area (Å²) in [5.74, 6) is 2.84. The molecular formula is C12H24N4. The normalized spacial score (nSPS) is 21.8. The fourth-order valence-corrected chi connectivity index (χ4v) is 2.70. The predicted molar refractivity (Wildman–Crippen MR) is 66.8 cm³/mol. The highest BCUT2D eigenvalue weighted by molar-refractivity contribution is 5.16. The molecule has 0 aromatic heterocycles. The molecule has 4 heteroatoms. The molecule has 2 saturated heterocycles. The highest BCUT2D eigenvalue weighted by Crippen LogP contribution is 2.27. The van der Waals surface area contributed by atoms with Gasteiger partial charge in [-0.2, -0.15) is 0 Å². The van der Waals surface area contributed by atoms with Crippen LogP contribution >= 0.6 is 0 Å². The van der Waals surface area contributed by atoms with Crippen molar-refractivity contribution < 1.29 is 0 Å². The van der Waals surface area contributed by atoms with Crippen LogP contribution in [0.3, 0.4) is 0 Å². The Hall–Kier alpha value is -1.06. The van der Waals surface area contributed by atoms with Gasteiger partial charge in [-0.3, -0.25) is 0 Å². The Balaban J connectivity index is 2.36. The number of rotatable bonds is 2. The smallest absolute Gasteiger partial charge is 0.146 e. The Bertz CT molecular complexity index is 261. The second kappa shape index (κ2) is 4.44. The summed E-state index contributed by atoms with van der Waals surface area (Å²) in [6.07, 6.45) is 0. The lowest BCUT2D eigenvalue weighted by molar-refractivity contribution is 0.295. The van der Waals surface area contributed by atoms with E-state index in [1.165, 1.54) is 24.7 Å². The standard InChI is InChI=1S/C12H24N4/c1-5-15-9-10-16(6-2)12(15)11-13(3)7-8-14(11)4/h5-10H2,1-4H3. The van der Waals surface area contributed by atoms with E-state index in [0.717, 1.165) is 26.2 Å². The van der Waals surface area contributed by atoms with E-state index in [1.54, 1.807) is 0 Å². The summed E-state index contributed by atoms with van der Waals surface area (Å²) >= 11 is 0. The van der Waals surface area contributed by atoms with Gasteiger partial charge in [-0.05, 0) is 13.8 Å². The first-order chi connectivity index (χ1) is 7.69. The van der Waals surface area contributed by atoms with Crippen molar-refractivity contribution in [1.29, 1.82) is 0 Å². The van der Waals surface area contributed by atoms with Crippen molar-refractivity contribution in [3.8, 4) is 0 Å². The second-order valence-electron chi connectivity index (χ2n) is 4.65.